The van der Waals surface area contributed by atoms with Crippen LogP contribution in [-0.2, 0) is 0 Å². The number of aliphatic hydroxyl groups is 1. The Bertz CT molecular complexity index is 423. The highest BCUT2D eigenvalue weighted by Crippen LogP contribution is 2.25. The van der Waals surface area contributed by atoms with Crippen LogP contribution in [0.4, 0.5) is 0 Å². The minimum Gasteiger partial charge on any atom is -0.386 e. The van der Waals surface area contributed by atoms with Gasteiger partial charge in [0.1, 0.15) is 0 Å². The van der Waals surface area contributed by atoms with Crippen LogP contribution in [0.25, 0.3) is 0 Å². The van der Waals surface area contributed by atoms with Crippen molar-refractivity contribution >= 4 is 11.8 Å². The number of rotatable bonds is 10. The summed E-state index contributed by atoms with van der Waals surface area (Å²) in [5.41, 5.74) is -0.700. The molecule has 1 N–H and O–H groups in total. The molecule has 22 heavy (non-hydrogen) atoms. The zero-order valence-corrected chi connectivity index (χ0v) is 15.4. The molecule has 0 aliphatic heterocycles. The third-order valence-electron chi connectivity index (χ3n) is 4.00. The van der Waals surface area contributed by atoms with Crippen LogP contribution < -0.4 is 0 Å². The summed E-state index contributed by atoms with van der Waals surface area (Å²) < 4.78 is 0. The minimum absolute atomic E-state index is 0.695. The van der Waals surface area contributed by atoms with Crippen molar-refractivity contribution in [2.45, 2.75) is 70.3 Å². The van der Waals surface area contributed by atoms with Gasteiger partial charge < -0.3 is 5.11 Å². The molecule has 1 aromatic rings. The van der Waals surface area contributed by atoms with E-state index in [4.69, 9.17) is 0 Å². The summed E-state index contributed by atoms with van der Waals surface area (Å²) in [5, 5.41) is 12.5. The zero-order chi connectivity index (χ0) is 16.4. The van der Waals surface area contributed by atoms with E-state index in [1.54, 1.807) is 11.8 Å². The van der Waals surface area contributed by atoms with Gasteiger partial charge in [-0.3, -0.25) is 0 Å². The molecular formula is C20H32OS. The van der Waals surface area contributed by atoms with Crippen LogP contribution in [0.2, 0.25) is 0 Å². The molecule has 0 aromatic heterocycles. The van der Waals surface area contributed by atoms with Gasteiger partial charge in [-0.25, -0.2) is 0 Å². The largest absolute Gasteiger partial charge is 0.386 e. The molecule has 0 aliphatic rings. The number of hydrogen-bond donors (Lipinski definition) is 1. The summed E-state index contributed by atoms with van der Waals surface area (Å²) >= 11 is 1.66. The first-order valence-corrected chi connectivity index (χ1v) is 9.39. The van der Waals surface area contributed by atoms with E-state index >= 15 is 0 Å². The van der Waals surface area contributed by atoms with Gasteiger partial charge in [0.25, 0.3) is 0 Å². The molecule has 0 radical (unpaired) electrons. The third-order valence-corrected chi connectivity index (χ3v) is 4.81. The average Bonchev–Trinajstić information content (AvgIpc) is 2.46. The Morgan fingerprint density at radius 2 is 1.77 bits per heavy atom. The van der Waals surface area contributed by atoms with Crippen LogP contribution in [0.15, 0.2) is 46.7 Å². The van der Waals surface area contributed by atoms with E-state index in [0.717, 1.165) is 18.8 Å². The fourth-order valence-corrected chi connectivity index (χ4v) is 3.23. The second-order valence-electron chi connectivity index (χ2n) is 7.06. The fraction of sp³-hybridized carbons (Fsp3) is 0.600. The second kappa shape index (κ2) is 10.1. The highest BCUT2D eigenvalue weighted by molar-refractivity contribution is 8.02. The molecule has 0 aliphatic carbocycles. The highest BCUT2D eigenvalue weighted by atomic mass is 32.2. The molecule has 0 saturated heterocycles. The summed E-state index contributed by atoms with van der Waals surface area (Å²) in [6.45, 7) is 8.78. The SMILES string of the molecule is CC(C)CCCC(C)CC[C@](C)(O)/C=C/Sc1ccccc1. The van der Waals surface area contributed by atoms with E-state index in [1.807, 2.05) is 36.6 Å². The Hall–Kier alpha value is -0.730. The molecule has 124 valence electrons. The quantitative estimate of drug-likeness (QED) is 0.511. The number of thioether (sulfide) groups is 1. The maximum atomic E-state index is 10.5. The van der Waals surface area contributed by atoms with Crippen molar-refractivity contribution in [1.29, 1.82) is 0 Å². The van der Waals surface area contributed by atoms with Crippen LogP contribution in [0.3, 0.4) is 0 Å². The van der Waals surface area contributed by atoms with Crippen molar-refractivity contribution in [3.05, 3.63) is 41.8 Å². The Kier molecular flexibility index (Phi) is 8.89. The van der Waals surface area contributed by atoms with Crippen LogP contribution in [0.1, 0.15) is 59.8 Å². The summed E-state index contributed by atoms with van der Waals surface area (Å²) in [6.07, 6.45) is 7.75. The highest BCUT2D eigenvalue weighted by Gasteiger charge is 2.17. The van der Waals surface area contributed by atoms with E-state index in [9.17, 15) is 5.11 Å². The molecule has 1 aromatic carbocycles. The van der Waals surface area contributed by atoms with Gasteiger partial charge in [0.2, 0.25) is 0 Å². The van der Waals surface area contributed by atoms with Crippen molar-refractivity contribution in [2.75, 3.05) is 0 Å². The first-order valence-electron chi connectivity index (χ1n) is 8.51. The summed E-state index contributed by atoms with van der Waals surface area (Å²) in [6, 6.07) is 10.3. The van der Waals surface area contributed by atoms with E-state index < -0.39 is 5.60 Å². The molecule has 0 spiro atoms. The third kappa shape index (κ3) is 9.32. The second-order valence-corrected chi connectivity index (χ2v) is 8.04. The van der Waals surface area contributed by atoms with Gasteiger partial charge in [0.15, 0.2) is 0 Å². The zero-order valence-electron chi connectivity index (χ0n) is 14.6. The topological polar surface area (TPSA) is 20.2 Å². The van der Waals surface area contributed by atoms with Gasteiger partial charge in [0, 0.05) is 4.90 Å². The maximum Gasteiger partial charge on any atom is 0.0807 e. The normalized spacial score (nSPS) is 16.1. The van der Waals surface area contributed by atoms with Crippen molar-refractivity contribution in [2.24, 2.45) is 11.8 Å². The van der Waals surface area contributed by atoms with Crippen LogP contribution in [0, 0.1) is 11.8 Å². The summed E-state index contributed by atoms with van der Waals surface area (Å²) in [7, 11) is 0. The molecular weight excluding hydrogens is 288 g/mol. The Morgan fingerprint density at radius 1 is 1.09 bits per heavy atom. The smallest absolute Gasteiger partial charge is 0.0807 e. The Morgan fingerprint density at radius 3 is 2.41 bits per heavy atom. The van der Waals surface area contributed by atoms with Gasteiger partial charge in [-0.2, -0.15) is 0 Å². The lowest BCUT2D eigenvalue weighted by Crippen LogP contribution is -2.21. The Balaban J connectivity index is 2.27. The molecule has 0 fully saturated rings. The monoisotopic (exact) mass is 320 g/mol. The minimum atomic E-state index is -0.700. The molecule has 0 amide bonds. The molecule has 1 nitrogen and oxygen atoms in total. The number of hydrogen-bond acceptors (Lipinski definition) is 2. The van der Waals surface area contributed by atoms with Gasteiger partial charge in [-0.05, 0) is 55.2 Å². The molecule has 1 rings (SSSR count). The molecule has 0 saturated carbocycles. The van der Waals surface area contributed by atoms with Crippen molar-refractivity contribution in [1.82, 2.24) is 0 Å². The van der Waals surface area contributed by atoms with Gasteiger partial charge >= 0.3 is 0 Å². The summed E-state index contributed by atoms with van der Waals surface area (Å²) in [5.74, 6) is 1.49. The van der Waals surface area contributed by atoms with Gasteiger partial charge in [-0.1, -0.05) is 70.0 Å². The fourth-order valence-electron chi connectivity index (χ4n) is 2.40. The molecule has 2 atom stereocenters. The van der Waals surface area contributed by atoms with Crippen molar-refractivity contribution < 1.29 is 5.11 Å². The van der Waals surface area contributed by atoms with E-state index in [-0.39, 0.29) is 0 Å². The van der Waals surface area contributed by atoms with Gasteiger partial charge in [0.05, 0.1) is 5.60 Å². The molecule has 1 unspecified atom stereocenters. The summed E-state index contributed by atoms with van der Waals surface area (Å²) in [4.78, 5) is 1.21. The number of benzene rings is 1. The Labute approximate surface area is 141 Å². The van der Waals surface area contributed by atoms with Gasteiger partial charge in [-0.15, -0.1) is 0 Å². The first-order chi connectivity index (χ1) is 10.4. The van der Waals surface area contributed by atoms with Crippen molar-refractivity contribution in [3.63, 3.8) is 0 Å². The maximum absolute atomic E-state index is 10.5. The van der Waals surface area contributed by atoms with E-state index in [0.29, 0.717) is 5.92 Å². The van der Waals surface area contributed by atoms with E-state index in [2.05, 4.69) is 32.9 Å². The van der Waals surface area contributed by atoms with E-state index in [1.165, 1.54) is 24.2 Å². The van der Waals surface area contributed by atoms with Crippen LogP contribution in [0.5, 0.6) is 0 Å². The lowest BCUT2D eigenvalue weighted by molar-refractivity contribution is 0.0937. The predicted octanol–water partition coefficient (Wildman–Crippen LogP) is 6.29. The molecule has 0 heterocycles. The standard InChI is InChI=1S/C20H32OS/c1-17(2)9-8-10-18(3)13-14-20(4,21)15-16-22-19-11-6-5-7-12-19/h5-7,11-12,15-18,21H,8-10,13-14H2,1-4H3/b16-15+/t18?,20-/m0/s1. The van der Waals surface area contributed by atoms with Crippen molar-refractivity contribution in [3.8, 4) is 0 Å². The first kappa shape index (κ1) is 19.3. The molecule has 0 bridgehead atoms. The average molecular weight is 321 g/mol. The van der Waals surface area contributed by atoms with Crippen LogP contribution >= 0.6 is 11.8 Å². The lowest BCUT2D eigenvalue weighted by atomic mass is 9.91. The predicted molar refractivity (Wildman–Crippen MR) is 99.1 cm³/mol. The molecule has 2 heteroatoms. The lowest BCUT2D eigenvalue weighted by Gasteiger charge is -2.21. The van der Waals surface area contributed by atoms with Crippen LogP contribution in [-0.4, -0.2) is 10.7 Å².